The number of nitrogens with zero attached hydrogens (tertiary/aromatic N) is 3. The van der Waals surface area contributed by atoms with E-state index < -0.39 is 224 Å². The van der Waals surface area contributed by atoms with E-state index in [1.54, 1.807) is 12.2 Å². The van der Waals surface area contributed by atoms with Crippen LogP contribution in [0.2, 0.25) is 0 Å². The van der Waals surface area contributed by atoms with E-state index in [1.807, 2.05) is 0 Å². The van der Waals surface area contributed by atoms with Gasteiger partial charge in [-0.15, -0.1) is 0 Å². The van der Waals surface area contributed by atoms with Crippen LogP contribution in [0.1, 0.15) is 87.2 Å². The molecule has 0 radical (unpaired) electrons. The summed E-state index contributed by atoms with van der Waals surface area (Å²) in [6.45, 7) is -13.8. The number of nitriles is 2. The summed E-state index contributed by atoms with van der Waals surface area (Å²) in [5.74, 6) is -8.20. The molecule has 2 saturated heterocycles. The summed E-state index contributed by atoms with van der Waals surface area (Å²) >= 11 is 0. The van der Waals surface area contributed by atoms with E-state index in [0.29, 0.717) is 5.56 Å². The van der Waals surface area contributed by atoms with Gasteiger partial charge in [0.2, 0.25) is 10.0 Å². The van der Waals surface area contributed by atoms with Crippen molar-refractivity contribution in [1.29, 1.82) is 10.5 Å². The summed E-state index contributed by atoms with van der Waals surface area (Å²) < 4.78 is 314. The SMILES string of the molecule is [2H]c1c([2H])c([2H])c(C(C#N)(c2c([2H])c([2H])c([2H])c([2H])c2[2H])[C@@]2([2H])C([2H])([2H])N(S(=O)(=O)c3ccc(C)cc3)C([2H])([2H])C2([2H])[2H])c([2H])c1[2H].[2H]c1c([2H])c([2H])c(C(C#N)(c2c([2H])c([2H])c([2H])c([2H])c2[2H])[C@@]2([2H])C([2H])([2H])NC([2H])([2H])C2([2H])[2H])c([2H])c1[2H]. The fourth-order valence-corrected chi connectivity index (χ4v) is 5.69. The summed E-state index contributed by atoms with van der Waals surface area (Å²) in [6.07, 6.45) is -8.03. The first kappa shape index (κ1) is 12.3. The van der Waals surface area contributed by atoms with Gasteiger partial charge in [0.25, 0.3) is 0 Å². The molecule has 1 N–H and O–H groups in total. The van der Waals surface area contributed by atoms with Crippen molar-refractivity contribution >= 4 is 10.0 Å². The minimum Gasteiger partial charge on any atom is -0.316 e. The van der Waals surface area contributed by atoms with Crippen molar-refractivity contribution < 1.29 is 55.0 Å². The molecular weight excluding hydrogens is 637 g/mol. The van der Waals surface area contributed by atoms with E-state index in [9.17, 15) is 20.3 Å². The topological polar surface area (TPSA) is 97.0 Å². The quantitative estimate of drug-likeness (QED) is 0.179. The summed E-state index contributed by atoms with van der Waals surface area (Å²) in [5, 5.41) is 23.3. The molecule has 5 aromatic carbocycles. The highest BCUT2D eigenvalue weighted by Crippen LogP contribution is 2.44. The Hall–Kier alpha value is -5.05. The number of hydrogen-bond donors (Lipinski definition) is 1. The Kier molecular flexibility index (Phi) is 3.75. The largest absolute Gasteiger partial charge is 0.316 e. The Labute approximate surface area is 344 Å². The molecule has 7 rings (SSSR count). The van der Waals surface area contributed by atoms with Crippen LogP contribution in [0.25, 0.3) is 0 Å². The van der Waals surface area contributed by atoms with E-state index in [0.717, 1.165) is 12.1 Å². The van der Waals surface area contributed by atoms with Crippen molar-refractivity contribution in [2.45, 2.75) is 35.4 Å². The van der Waals surface area contributed by atoms with Crippen molar-refractivity contribution in [3.63, 3.8) is 0 Å². The normalized spacial score (nSPS) is 36.7. The summed E-state index contributed by atoms with van der Waals surface area (Å²) in [6, 6.07) is -16.7. The highest BCUT2D eigenvalue weighted by atomic mass is 32.2. The molecular formula is C43H42N4O2S. The van der Waals surface area contributed by atoms with Crippen molar-refractivity contribution in [3.8, 4) is 12.1 Å². The molecule has 0 saturated carbocycles. The Bertz CT molecular complexity index is 3610. The van der Waals surface area contributed by atoms with Crippen LogP contribution in [-0.4, -0.2) is 38.7 Å². The molecule has 6 nitrogen and oxygen atoms in total. The molecule has 5 aromatic rings. The zero-order chi connectivity index (χ0) is 65.0. The van der Waals surface area contributed by atoms with Gasteiger partial charge in [0.15, 0.2) is 0 Å². The molecule has 0 aliphatic carbocycles. The maximum atomic E-state index is 14.0. The highest BCUT2D eigenvalue weighted by molar-refractivity contribution is 7.89. The molecule has 2 aliphatic heterocycles. The molecule has 0 bridgehead atoms. The highest BCUT2D eigenvalue weighted by Gasteiger charge is 2.48. The second-order valence-electron chi connectivity index (χ2n) is 9.90. The number of benzene rings is 5. The van der Waals surface area contributed by atoms with Gasteiger partial charge in [0, 0.05) is 44.6 Å². The number of nitrogens with one attached hydrogen (secondary N) is 1. The molecule has 252 valence electrons. The predicted octanol–water partition coefficient (Wildman–Crippen LogP) is 7.62. The lowest BCUT2D eigenvalue weighted by molar-refractivity contribution is 0.393. The lowest BCUT2D eigenvalue weighted by Gasteiger charge is -2.34. The van der Waals surface area contributed by atoms with Gasteiger partial charge in [-0.2, -0.15) is 14.8 Å². The van der Waals surface area contributed by atoms with Crippen LogP contribution >= 0.6 is 0 Å². The van der Waals surface area contributed by atoms with Gasteiger partial charge in [-0.1, -0.05) is 139 Å². The fraction of sp³-hybridized carbons (Fsp3) is 0.256. The molecule has 2 heterocycles. The van der Waals surface area contributed by atoms with Crippen molar-refractivity contribution in [2.75, 3.05) is 26.0 Å². The maximum absolute atomic E-state index is 14.0. The van der Waals surface area contributed by atoms with Crippen LogP contribution in [0.5, 0.6) is 0 Å². The second kappa shape index (κ2) is 15.2. The zero-order valence-electron chi connectivity index (χ0n) is 59.4. The lowest BCUT2D eigenvalue weighted by Crippen LogP contribution is -2.38. The van der Waals surface area contributed by atoms with Gasteiger partial charge in [-0.3, -0.25) is 0 Å². The van der Waals surface area contributed by atoms with Crippen molar-refractivity contribution in [1.82, 2.24) is 9.62 Å². The molecule has 7 heteroatoms. The average molecular weight is 713 g/mol. The molecule has 2 atom stereocenters. The lowest BCUT2D eigenvalue weighted by atomic mass is 9.66. The average Bonchev–Trinajstić information content (AvgIpc) is 1.42. The van der Waals surface area contributed by atoms with Crippen LogP contribution in [0, 0.1) is 41.4 Å². The third-order valence-electron chi connectivity index (χ3n) is 7.08. The van der Waals surface area contributed by atoms with Crippen LogP contribution in [-0.2, 0) is 20.9 Å². The van der Waals surface area contributed by atoms with E-state index in [4.69, 9.17) is 45.2 Å². The maximum Gasteiger partial charge on any atom is 0.243 e. The van der Waals surface area contributed by atoms with Crippen LogP contribution < -0.4 is 5.32 Å². The first-order valence-corrected chi connectivity index (χ1v) is 15.4. The van der Waals surface area contributed by atoms with Crippen molar-refractivity contribution in [2.24, 2.45) is 11.8 Å². The Morgan fingerprint density at radius 2 is 1.14 bits per heavy atom. The van der Waals surface area contributed by atoms with E-state index in [-0.39, 0.29) is 0 Å². The summed E-state index contributed by atoms with van der Waals surface area (Å²) in [4.78, 5) is -0.774. The van der Waals surface area contributed by atoms with E-state index >= 15 is 0 Å². The first-order valence-electron chi connectivity index (χ1n) is 30.9. The summed E-state index contributed by atoms with van der Waals surface area (Å²) in [7, 11) is -5.51. The molecule has 0 unspecified atom stereocenters. The number of hydrogen-bond acceptors (Lipinski definition) is 5. The Morgan fingerprint density at radius 3 is 1.52 bits per heavy atom. The third-order valence-corrected chi connectivity index (χ3v) is 8.61. The van der Waals surface area contributed by atoms with E-state index in [1.165, 1.54) is 24.3 Å². The number of rotatable bonds is 8. The Morgan fingerprint density at radius 1 is 0.720 bits per heavy atom. The van der Waals surface area contributed by atoms with Gasteiger partial charge in [0.05, 0.1) is 44.4 Å². The van der Waals surface area contributed by atoms with Gasteiger partial charge >= 0.3 is 0 Å². The fourth-order valence-electron chi connectivity index (χ4n) is 4.62. The minimum absolute atomic E-state index is 0.521. The van der Waals surface area contributed by atoms with Crippen LogP contribution in [0.15, 0.2) is 150 Å². The standard InChI is InChI=1S/C25H24N2O2S.C18H18N2/c1-20-12-14-24(15-13-20)30(28,29)27-17-16-23(18-27)25(19-26,21-8-4-2-5-9-21)22-10-6-3-7-11-22;19-14-18(17-11-12-20-13-17,15-7-3-1-4-8-15)16-9-5-2-6-10-16/h2-15,23H,16-18H2,1H3;1-10,17,20H,11-13H2/t23-;17-/m11/s1/i2D,3D,4D,5D,6D,7D,8D,9D,10D,11D,16D2,17D2,18D2,23D;1D,2D,3D,4D,5D,6D,7D,8D,9D,10D,11D2,12D2,13D2,17D. The molecule has 0 spiro atoms. The Balaban J connectivity index is 0.000000277. The number of aryl methyl sites for hydroxylation is 1. The van der Waals surface area contributed by atoms with E-state index in [2.05, 4.69) is 0 Å². The van der Waals surface area contributed by atoms with Gasteiger partial charge in [0.1, 0.15) is 10.8 Å². The number of sulfonamides is 1. The molecule has 2 fully saturated rings. The third kappa shape index (κ3) is 6.61. The zero-order valence-corrected chi connectivity index (χ0v) is 26.2. The van der Waals surface area contributed by atoms with Gasteiger partial charge < -0.3 is 5.32 Å². The van der Waals surface area contributed by atoms with Gasteiger partial charge in [-0.25, -0.2) is 8.42 Å². The van der Waals surface area contributed by atoms with Crippen molar-refractivity contribution in [3.05, 3.63) is 173 Å². The molecule has 0 amide bonds. The first-order chi connectivity index (χ1) is 37.9. The molecule has 50 heavy (non-hydrogen) atoms. The second-order valence-corrected chi connectivity index (χ2v) is 11.7. The van der Waals surface area contributed by atoms with Crippen LogP contribution in [0.4, 0.5) is 0 Å². The minimum atomic E-state index is -5.51. The summed E-state index contributed by atoms with van der Waals surface area (Å²) in [5.41, 5.74) is -12.4. The molecule has 0 aromatic heterocycles. The predicted molar refractivity (Wildman–Crippen MR) is 198 cm³/mol. The smallest absolute Gasteiger partial charge is 0.243 e. The van der Waals surface area contributed by atoms with Gasteiger partial charge in [-0.05, 0) is 66.4 Å². The van der Waals surface area contributed by atoms with Crippen LogP contribution in [0.3, 0.4) is 0 Å². The molecule has 2 aliphatic rings. The monoisotopic (exact) mass is 713 g/mol.